The molecule has 0 heterocycles. The zero-order valence-corrected chi connectivity index (χ0v) is 14.2. The molecular formula is C17H19FN2O3S. The molecule has 24 heavy (non-hydrogen) atoms. The molecule has 5 nitrogen and oxygen atoms in total. The summed E-state index contributed by atoms with van der Waals surface area (Å²) in [4.78, 5) is 12.1. The van der Waals surface area contributed by atoms with Gasteiger partial charge in [0.2, 0.25) is 10.0 Å². The number of nitrogens with one attached hydrogen (secondary N) is 2. The molecule has 0 unspecified atom stereocenters. The van der Waals surface area contributed by atoms with Gasteiger partial charge in [-0.2, -0.15) is 0 Å². The third kappa shape index (κ3) is 4.62. The van der Waals surface area contributed by atoms with Crippen LogP contribution in [0.15, 0.2) is 53.4 Å². The smallest absolute Gasteiger partial charge is 0.255 e. The molecule has 7 heteroatoms. The average Bonchev–Trinajstić information content (AvgIpc) is 2.54. The molecule has 0 aliphatic rings. The summed E-state index contributed by atoms with van der Waals surface area (Å²) in [5.74, 6) is -0.969. The van der Waals surface area contributed by atoms with E-state index in [-0.39, 0.29) is 16.5 Å². The number of sulfonamides is 1. The maximum Gasteiger partial charge on any atom is 0.255 e. The number of carbonyl (C=O) groups excluding carboxylic acids is 1. The maximum atomic E-state index is 13.1. The van der Waals surface area contributed by atoms with E-state index in [4.69, 9.17) is 0 Å². The van der Waals surface area contributed by atoms with E-state index in [0.717, 1.165) is 6.07 Å². The van der Waals surface area contributed by atoms with Crippen LogP contribution in [0.3, 0.4) is 0 Å². The topological polar surface area (TPSA) is 75.3 Å². The van der Waals surface area contributed by atoms with Gasteiger partial charge in [-0.15, -0.1) is 0 Å². The van der Waals surface area contributed by atoms with E-state index < -0.39 is 21.7 Å². The van der Waals surface area contributed by atoms with E-state index in [1.165, 1.54) is 42.5 Å². The lowest BCUT2D eigenvalue weighted by molar-refractivity contribution is 0.102. The van der Waals surface area contributed by atoms with E-state index >= 15 is 0 Å². The fraction of sp³-hybridized carbons (Fsp3) is 0.235. The second-order valence-corrected chi connectivity index (χ2v) is 7.13. The Balaban J connectivity index is 2.11. The Labute approximate surface area is 141 Å². The van der Waals surface area contributed by atoms with Crippen molar-refractivity contribution < 1.29 is 17.6 Å². The van der Waals surface area contributed by atoms with E-state index in [0.29, 0.717) is 12.1 Å². The Morgan fingerprint density at radius 1 is 1.17 bits per heavy atom. The second-order valence-electron chi connectivity index (χ2n) is 5.42. The molecule has 2 aromatic rings. The molecule has 2 rings (SSSR count). The van der Waals surface area contributed by atoms with Gasteiger partial charge >= 0.3 is 0 Å². The summed E-state index contributed by atoms with van der Waals surface area (Å²) >= 11 is 0. The van der Waals surface area contributed by atoms with Crippen molar-refractivity contribution in [1.82, 2.24) is 4.72 Å². The molecule has 2 aromatic carbocycles. The molecule has 128 valence electrons. The Morgan fingerprint density at radius 3 is 2.42 bits per heavy atom. The first kappa shape index (κ1) is 18.1. The van der Waals surface area contributed by atoms with Gasteiger partial charge in [0.05, 0.1) is 4.90 Å². The van der Waals surface area contributed by atoms with Crippen molar-refractivity contribution in [3.63, 3.8) is 0 Å². The van der Waals surface area contributed by atoms with Crippen LogP contribution >= 0.6 is 0 Å². The molecule has 2 N–H and O–H groups in total. The van der Waals surface area contributed by atoms with Crippen LogP contribution in [-0.2, 0) is 10.0 Å². The standard InChI is InChI=1S/C17H19FN2O3S/c1-3-12(2)20-24(22,23)16-9-7-15(8-10-16)19-17(21)13-5-4-6-14(18)11-13/h4-12,20H,3H2,1-2H3,(H,19,21)/t12-/m1/s1. The highest BCUT2D eigenvalue weighted by Crippen LogP contribution is 2.16. The molecule has 0 saturated carbocycles. The number of hydrogen-bond donors (Lipinski definition) is 2. The van der Waals surface area contributed by atoms with Gasteiger partial charge in [-0.1, -0.05) is 13.0 Å². The highest BCUT2D eigenvalue weighted by Gasteiger charge is 2.16. The molecule has 1 atom stereocenters. The van der Waals surface area contributed by atoms with Crippen molar-refractivity contribution in [1.29, 1.82) is 0 Å². The third-order valence-corrected chi connectivity index (χ3v) is 5.08. The lowest BCUT2D eigenvalue weighted by atomic mass is 10.2. The van der Waals surface area contributed by atoms with Crippen molar-refractivity contribution in [2.75, 3.05) is 5.32 Å². The van der Waals surface area contributed by atoms with Gasteiger partial charge in [0.15, 0.2) is 0 Å². The zero-order chi connectivity index (χ0) is 17.7. The Hall–Kier alpha value is -2.25. The van der Waals surface area contributed by atoms with Gasteiger partial charge in [0.1, 0.15) is 5.82 Å². The minimum absolute atomic E-state index is 0.117. The molecule has 0 fully saturated rings. The van der Waals surface area contributed by atoms with Crippen LogP contribution in [0.1, 0.15) is 30.6 Å². The van der Waals surface area contributed by atoms with Crippen LogP contribution in [0.25, 0.3) is 0 Å². The van der Waals surface area contributed by atoms with Crippen LogP contribution in [0, 0.1) is 5.82 Å². The maximum absolute atomic E-state index is 13.1. The fourth-order valence-electron chi connectivity index (χ4n) is 1.97. The fourth-order valence-corrected chi connectivity index (χ4v) is 3.29. The third-order valence-electron chi connectivity index (χ3n) is 3.48. The summed E-state index contributed by atoms with van der Waals surface area (Å²) in [6.07, 6.45) is 0.682. The summed E-state index contributed by atoms with van der Waals surface area (Å²) in [6.45, 7) is 3.67. The number of hydrogen-bond acceptors (Lipinski definition) is 3. The number of benzene rings is 2. The number of carbonyl (C=O) groups is 1. The molecule has 0 radical (unpaired) electrons. The van der Waals surface area contributed by atoms with Crippen molar-refractivity contribution in [2.24, 2.45) is 0 Å². The van der Waals surface area contributed by atoms with E-state index in [9.17, 15) is 17.6 Å². The minimum Gasteiger partial charge on any atom is -0.322 e. The van der Waals surface area contributed by atoms with Crippen LogP contribution < -0.4 is 10.0 Å². The normalized spacial score (nSPS) is 12.6. The number of amides is 1. The number of anilines is 1. The van der Waals surface area contributed by atoms with Gasteiger partial charge in [0, 0.05) is 17.3 Å². The van der Waals surface area contributed by atoms with Crippen LogP contribution in [-0.4, -0.2) is 20.4 Å². The van der Waals surface area contributed by atoms with Gasteiger partial charge in [0.25, 0.3) is 5.91 Å². The summed E-state index contributed by atoms with van der Waals surface area (Å²) in [7, 11) is -3.59. The van der Waals surface area contributed by atoms with Gasteiger partial charge in [-0.3, -0.25) is 4.79 Å². The summed E-state index contributed by atoms with van der Waals surface area (Å²) < 4.78 is 40.0. The first-order chi connectivity index (χ1) is 11.3. The number of halogens is 1. The van der Waals surface area contributed by atoms with Gasteiger partial charge in [-0.05, 0) is 55.8 Å². The lowest BCUT2D eigenvalue weighted by Crippen LogP contribution is -2.31. The Morgan fingerprint density at radius 2 is 1.83 bits per heavy atom. The largest absolute Gasteiger partial charge is 0.322 e. The molecule has 0 spiro atoms. The molecule has 0 aromatic heterocycles. The lowest BCUT2D eigenvalue weighted by Gasteiger charge is -2.12. The number of rotatable bonds is 6. The van der Waals surface area contributed by atoms with Crippen molar-refractivity contribution in [2.45, 2.75) is 31.2 Å². The van der Waals surface area contributed by atoms with Crippen molar-refractivity contribution in [3.8, 4) is 0 Å². The summed E-state index contributed by atoms with van der Waals surface area (Å²) in [6, 6.07) is 10.9. The van der Waals surface area contributed by atoms with Gasteiger partial charge in [-0.25, -0.2) is 17.5 Å². The van der Waals surface area contributed by atoms with E-state index in [1.807, 2.05) is 6.92 Å². The van der Waals surface area contributed by atoms with E-state index in [1.54, 1.807) is 6.92 Å². The monoisotopic (exact) mass is 350 g/mol. The van der Waals surface area contributed by atoms with Crippen LogP contribution in [0.2, 0.25) is 0 Å². The first-order valence-electron chi connectivity index (χ1n) is 7.51. The average molecular weight is 350 g/mol. The van der Waals surface area contributed by atoms with E-state index in [2.05, 4.69) is 10.0 Å². The first-order valence-corrected chi connectivity index (χ1v) is 8.99. The quantitative estimate of drug-likeness (QED) is 0.840. The highest BCUT2D eigenvalue weighted by molar-refractivity contribution is 7.89. The molecular weight excluding hydrogens is 331 g/mol. The van der Waals surface area contributed by atoms with Crippen LogP contribution in [0.4, 0.5) is 10.1 Å². The molecule has 0 saturated heterocycles. The minimum atomic E-state index is -3.59. The predicted octanol–water partition coefficient (Wildman–Crippen LogP) is 3.15. The molecule has 0 aliphatic carbocycles. The SMILES string of the molecule is CC[C@@H](C)NS(=O)(=O)c1ccc(NC(=O)c2cccc(F)c2)cc1. The van der Waals surface area contributed by atoms with Crippen molar-refractivity contribution in [3.05, 3.63) is 59.9 Å². The molecule has 0 aliphatic heterocycles. The highest BCUT2D eigenvalue weighted by atomic mass is 32.2. The predicted molar refractivity (Wildman–Crippen MR) is 90.9 cm³/mol. The summed E-state index contributed by atoms with van der Waals surface area (Å²) in [5.41, 5.74) is 0.608. The zero-order valence-electron chi connectivity index (χ0n) is 13.4. The molecule has 1 amide bonds. The second kappa shape index (κ2) is 7.55. The van der Waals surface area contributed by atoms with Crippen molar-refractivity contribution >= 4 is 21.6 Å². The Bertz CT molecular complexity index is 820. The Kier molecular flexibility index (Phi) is 5.69. The van der Waals surface area contributed by atoms with Gasteiger partial charge < -0.3 is 5.32 Å². The van der Waals surface area contributed by atoms with Crippen LogP contribution in [0.5, 0.6) is 0 Å². The summed E-state index contributed by atoms with van der Waals surface area (Å²) in [5, 5.41) is 2.60. The molecule has 0 bridgehead atoms.